The van der Waals surface area contributed by atoms with E-state index in [1.54, 1.807) is 4.90 Å². The highest BCUT2D eigenvalue weighted by Crippen LogP contribution is 2.13. The van der Waals surface area contributed by atoms with Gasteiger partial charge in [0.25, 0.3) is 11.6 Å². The summed E-state index contributed by atoms with van der Waals surface area (Å²) >= 11 is 0. The van der Waals surface area contributed by atoms with Crippen LogP contribution in [0.2, 0.25) is 0 Å². The lowest BCUT2D eigenvalue weighted by molar-refractivity contribution is -0.384. The van der Waals surface area contributed by atoms with E-state index in [2.05, 4.69) is 13.8 Å². The Morgan fingerprint density at radius 1 is 1.11 bits per heavy atom. The third-order valence-corrected chi connectivity index (χ3v) is 2.38. The number of nitro benzene ring substituents is 1. The van der Waals surface area contributed by atoms with Crippen molar-refractivity contribution in [3.05, 3.63) is 39.9 Å². The summed E-state index contributed by atoms with van der Waals surface area (Å²) < 4.78 is 0. The van der Waals surface area contributed by atoms with Crippen molar-refractivity contribution in [2.45, 2.75) is 34.1 Å². The standard InChI is InChI=1S/C11H14N2O3.C3H8/c1-3-12(4-2)11(14)9-5-7-10(8-6-9)13(15)16;1-3-2/h5-8H,3-4H2,1-2H3;3H2,1-2H3. The van der Waals surface area contributed by atoms with Crippen molar-refractivity contribution in [2.75, 3.05) is 13.1 Å². The minimum atomic E-state index is -0.480. The number of hydrogen-bond acceptors (Lipinski definition) is 3. The molecule has 0 saturated heterocycles. The van der Waals surface area contributed by atoms with Crippen LogP contribution in [0.1, 0.15) is 44.5 Å². The highest BCUT2D eigenvalue weighted by molar-refractivity contribution is 5.94. The van der Waals surface area contributed by atoms with E-state index in [0.717, 1.165) is 0 Å². The summed E-state index contributed by atoms with van der Waals surface area (Å²) in [6, 6.07) is 5.66. The van der Waals surface area contributed by atoms with Gasteiger partial charge in [-0.25, -0.2) is 0 Å². The van der Waals surface area contributed by atoms with E-state index in [1.165, 1.54) is 30.7 Å². The molecule has 106 valence electrons. The zero-order chi connectivity index (χ0) is 14.8. The van der Waals surface area contributed by atoms with Crippen LogP contribution in [-0.4, -0.2) is 28.8 Å². The lowest BCUT2D eigenvalue weighted by Gasteiger charge is -2.18. The predicted octanol–water partition coefficient (Wildman–Crippen LogP) is 3.49. The summed E-state index contributed by atoms with van der Waals surface area (Å²) in [5, 5.41) is 10.4. The van der Waals surface area contributed by atoms with Gasteiger partial charge in [-0.05, 0) is 26.0 Å². The van der Waals surface area contributed by atoms with Crippen LogP contribution < -0.4 is 0 Å². The van der Waals surface area contributed by atoms with Gasteiger partial charge in [0.15, 0.2) is 0 Å². The fourth-order valence-corrected chi connectivity index (χ4v) is 1.42. The van der Waals surface area contributed by atoms with Crippen molar-refractivity contribution in [1.29, 1.82) is 0 Å². The maximum atomic E-state index is 11.8. The molecule has 5 nitrogen and oxygen atoms in total. The Bertz CT molecular complexity index is 398. The van der Waals surface area contributed by atoms with Crippen LogP contribution in [0.25, 0.3) is 0 Å². The zero-order valence-electron chi connectivity index (χ0n) is 12.0. The van der Waals surface area contributed by atoms with Crippen molar-refractivity contribution in [3.63, 3.8) is 0 Å². The van der Waals surface area contributed by atoms with Gasteiger partial charge in [0, 0.05) is 30.8 Å². The van der Waals surface area contributed by atoms with Crippen LogP contribution in [0.15, 0.2) is 24.3 Å². The summed E-state index contributed by atoms with van der Waals surface area (Å²) in [5.74, 6) is -0.0973. The molecule has 0 aliphatic carbocycles. The molecule has 0 bridgehead atoms. The van der Waals surface area contributed by atoms with E-state index in [9.17, 15) is 14.9 Å². The van der Waals surface area contributed by atoms with Gasteiger partial charge in [0.1, 0.15) is 0 Å². The third kappa shape index (κ3) is 5.50. The van der Waals surface area contributed by atoms with Crippen molar-refractivity contribution in [2.24, 2.45) is 0 Å². The largest absolute Gasteiger partial charge is 0.339 e. The fourth-order valence-electron chi connectivity index (χ4n) is 1.42. The number of nitro groups is 1. The molecule has 19 heavy (non-hydrogen) atoms. The Kier molecular flexibility index (Phi) is 8.17. The van der Waals surface area contributed by atoms with Gasteiger partial charge in [-0.3, -0.25) is 14.9 Å². The van der Waals surface area contributed by atoms with E-state index in [-0.39, 0.29) is 11.6 Å². The molecule has 1 aromatic carbocycles. The first-order valence-corrected chi connectivity index (χ1v) is 6.55. The molecule has 1 amide bonds. The molecule has 1 aromatic rings. The van der Waals surface area contributed by atoms with Crippen molar-refractivity contribution < 1.29 is 9.72 Å². The number of benzene rings is 1. The Hall–Kier alpha value is -1.91. The topological polar surface area (TPSA) is 63.5 Å². The van der Waals surface area contributed by atoms with Gasteiger partial charge in [-0.2, -0.15) is 0 Å². The van der Waals surface area contributed by atoms with Crippen LogP contribution >= 0.6 is 0 Å². The number of rotatable bonds is 4. The smallest absolute Gasteiger partial charge is 0.269 e. The van der Waals surface area contributed by atoms with E-state index < -0.39 is 4.92 Å². The second-order valence-corrected chi connectivity index (χ2v) is 3.99. The Morgan fingerprint density at radius 3 is 1.84 bits per heavy atom. The number of amides is 1. The van der Waals surface area contributed by atoms with E-state index in [1.807, 2.05) is 13.8 Å². The quantitative estimate of drug-likeness (QED) is 0.619. The normalized spacial score (nSPS) is 9.26. The van der Waals surface area contributed by atoms with Gasteiger partial charge >= 0.3 is 0 Å². The Balaban J connectivity index is 0.000000982. The molecule has 0 spiro atoms. The number of non-ortho nitro benzene ring substituents is 1. The first-order chi connectivity index (χ1) is 9.01. The summed E-state index contributed by atoms with van der Waals surface area (Å²) in [6.45, 7) is 9.30. The molecule has 0 heterocycles. The van der Waals surface area contributed by atoms with Crippen LogP contribution in [-0.2, 0) is 0 Å². The SMILES string of the molecule is CCC.CCN(CC)C(=O)c1ccc([N+](=O)[O-])cc1. The highest BCUT2D eigenvalue weighted by Gasteiger charge is 2.13. The van der Waals surface area contributed by atoms with Gasteiger partial charge in [0.2, 0.25) is 0 Å². The molecule has 0 radical (unpaired) electrons. The minimum absolute atomic E-state index is 0.00361. The molecule has 5 heteroatoms. The van der Waals surface area contributed by atoms with Gasteiger partial charge < -0.3 is 4.90 Å². The van der Waals surface area contributed by atoms with Crippen LogP contribution in [0.5, 0.6) is 0 Å². The molecular formula is C14H22N2O3. The molecular weight excluding hydrogens is 244 g/mol. The maximum Gasteiger partial charge on any atom is 0.269 e. The molecule has 0 unspecified atom stereocenters. The van der Waals surface area contributed by atoms with E-state index in [0.29, 0.717) is 18.7 Å². The maximum absolute atomic E-state index is 11.8. The van der Waals surface area contributed by atoms with Crippen molar-refractivity contribution in [1.82, 2.24) is 4.90 Å². The van der Waals surface area contributed by atoms with Crippen molar-refractivity contribution >= 4 is 11.6 Å². The van der Waals surface area contributed by atoms with Gasteiger partial charge in [0.05, 0.1) is 4.92 Å². The summed E-state index contributed by atoms with van der Waals surface area (Å²) in [6.07, 6.45) is 1.25. The molecule has 0 fully saturated rings. The zero-order valence-corrected chi connectivity index (χ0v) is 12.0. The number of carbonyl (C=O) groups is 1. The van der Waals surface area contributed by atoms with Gasteiger partial charge in [-0.15, -0.1) is 0 Å². The average molecular weight is 266 g/mol. The Morgan fingerprint density at radius 2 is 1.53 bits per heavy atom. The molecule has 1 rings (SSSR count). The summed E-state index contributed by atoms with van der Waals surface area (Å²) in [7, 11) is 0. The highest BCUT2D eigenvalue weighted by atomic mass is 16.6. The predicted molar refractivity (Wildman–Crippen MR) is 76.3 cm³/mol. The van der Waals surface area contributed by atoms with Crippen LogP contribution in [0.4, 0.5) is 5.69 Å². The van der Waals surface area contributed by atoms with Crippen LogP contribution in [0, 0.1) is 10.1 Å². The first kappa shape index (κ1) is 17.1. The fraction of sp³-hybridized carbons (Fsp3) is 0.500. The number of carbonyl (C=O) groups excluding carboxylic acids is 1. The molecule has 0 aromatic heterocycles. The summed E-state index contributed by atoms with van der Waals surface area (Å²) in [4.78, 5) is 23.5. The average Bonchev–Trinajstić information content (AvgIpc) is 2.41. The molecule has 0 N–H and O–H groups in total. The summed E-state index contributed by atoms with van der Waals surface area (Å²) in [5.41, 5.74) is 0.477. The lowest BCUT2D eigenvalue weighted by Crippen LogP contribution is -2.30. The number of hydrogen-bond donors (Lipinski definition) is 0. The minimum Gasteiger partial charge on any atom is -0.339 e. The third-order valence-electron chi connectivity index (χ3n) is 2.38. The van der Waals surface area contributed by atoms with E-state index >= 15 is 0 Å². The van der Waals surface area contributed by atoms with E-state index in [4.69, 9.17) is 0 Å². The molecule has 0 atom stereocenters. The Labute approximate surface area is 114 Å². The lowest BCUT2D eigenvalue weighted by atomic mass is 10.2. The monoisotopic (exact) mass is 266 g/mol. The molecule has 0 saturated carbocycles. The van der Waals surface area contributed by atoms with Gasteiger partial charge in [-0.1, -0.05) is 20.3 Å². The van der Waals surface area contributed by atoms with Crippen molar-refractivity contribution in [3.8, 4) is 0 Å². The second kappa shape index (κ2) is 9.08. The van der Waals surface area contributed by atoms with Crippen LogP contribution in [0.3, 0.4) is 0 Å². The second-order valence-electron chi connectivity index (χ2n) is 3.99. The first-order valence-electron chi connectivity index (χ1n) is 6.55. The molecule has 0 aliphatic rings. The number of nitrogens with zero attached hydrogens (tertiary/aromatic N) is 2. The molecule has 0 aliphatic heterocycles.